The molecule has 0 heterocycles. The molecule has 0 aliphatic heterocycles. The summed E-state index contributed by atoms with van der Waals surface area (Å²) in [5.74, 6) is 0.613. The molecule has 0 fully saturated rings. The fourth-order valence-electron chi connectivity index (χ4n) is 12.2. The van der Waals surface area contributed by atoms with Crippen molar-refractivity contribution < 1.29 is 0 Å². The SMILES string of the molecule is C1=CC2=CC(N(Cc3cccc(-c4ccc5ccc6ccccc6c5c4)c3)c3ccc4c(c3)C3(c5ccccc5-c5ccccc53)c3ccccc3-4)=CC3c4ccccc4C(=C1)C23. The Labute approximate surface area is 367 Å². The van der Waals surface area contributed by atoms with Gasteiger partial charge in [0.25, 0.3) is 0 Å². The van der Waals surface area contributed by atoms with Crippen molar-refractivity contribution in [3.05, 3.63) is 275 Å². The van der Waals surface area contributed by atoms with Crippen LogP contribution >= 0.6 is 0 Å². The summed E-state index contributed by atoms with van der Waals surface area (Å²) in [7, 11) is 0. The third-order valence-corrected chi connectivity index (χ3v) is 14.9. The van der Waals surface area contributed by atoms with Gasteiger partial charge in [-0.3, -0.25) is 0 Å². The average molecular weight is 800 g/mol. The lowest BCUT2D eigenvalue weighted by Crippen LogP contribution is -2.28. The van der Waals surface area contributed by atoms with E-state index in [9.17, 15) is 0 Å². The minimum Gasteiger partial charge on any atom is -0.337 e. The van der Waals surface area contributed by atoms with Crippen LogP contribution in [0, 0.1) is 5.92 Å². The lowest BCUT2D eigenvalue weighted by atomic mass is 9.70. The van der Waals surface area contributed by atoms with Crippen LogP contribution in [-0.4, -0.2) is 0 Å². The number of rotatable bonds is 5. The number of hydrogen-bond acceptors (Lipinski definition) is 1. The Morgan fingerprint density at radius 2 is 1.11 bits per heavy atom. The van der Waals surface area contributed by atoms with Crippen molar-refractivity contribution in [1.29, 1.82) is 0 Å². The van der Waals surface area contributed by atoms with Gasteiger partial charge >= 0.3 is 0 Å². The summed E-state index contributed by atoms with van der Waals surface area (Å²) in [6, 6.07) is 73.2. The van der Waals surface area contributed by atoms with Gasteiger partial charge in [0.05, 0.1) is 5.41 Å². The molecule has 0 bridgehead atoms. The minimum atomic E-state index is -0.415. The molecule has 63 heavy (non-hydrogen) atoms. The van der Waals surface area contributed by atoms with E-state index in [0.29, 0.717) is 5.92 Å². The monoisotopic (exact) mass is 799 g/mol. The first-order valence-electron chi connectivity index (χ1n) is 22.4. The first-order valence-corrected chi connectivity index (χ1v) is 22.4. The van der Waals surface area contributed by atoms with Gasteiger partial charge in [-0.2, -0.15) is 0 Å². The van der Waals surface area contributed by atoms with E-state index < -0.39 is 5.41 Å². The molecule has 9 aromatic carbocycles. The molecule has 1 spiro atoms. The number of nitrogens with zero attached hydrogens (tertiary/aromatic N) is 1. The standard InChI is InChI=1S/C62H41N/c1-2-17-47-40(14-1)27-28-41-29-30-43(35-55(41)47)42-15-11-13-39(33-42)38-63(46-34-44-16-12-23-54-48-18-3-4-19-49(48)56(36-46)61(44)54)45-31-32-53-52-22-7-10-26-59(52)62(60(53)37-45)57-24-8-5-20-50(57)51-21-6-9-25-58(51)62/h1-37,56,61H,38H2. The zero-order chi connectivity index (χ0) is 41.2. The van der Waals surface area contributed by atoms with E-state index in [2.05, 4.69) is 229 Å². The molecule has 0 saturated heterocycles. The molecule has 5 aliphatic carbocycles. The predicted octanol–water partition coefficient (Wildman–Crippen LogP) is 15.2. The van der Waals surface area contributed by atoms with Crippen LogP contribution in [0.2, 0.25) is 0 Å². The Morgan fingerprint density at radius 3 is 1.89 bits per heavy atom. The number of allylic oxidation sites excluding steroid dienone is 7. The highest BCUT2D eigenvalue weighted by Gasteiger charge is 2.51. The second-order valence-electron chi connectivity index (χ2n) is 17.9. The third kappa shape index (κ3) is 4.88. The van der Waals surface area contributed by atoms with E-state index >= 15 is 0 Å². The minimum absolute atomic E-state index is 0.271. The fraction of sp³-hybridized carbons (Fsp3) is 0.0645. The molecule has 0 saturated carbocycles. The van der Waals surface area contributed by atoms with Crippen molar-refractivity contribution in [2.75, 3.05) is 4.90 Å². The van der Waals surface area contributed by atoms with Crippen LogP contribution in [0.1, 0.15) is 44.9 Å². The van der Waals surface area contributed by atoms with Crippen molar-refractivity contribution in [2.45, 2.75) is 17.9 Å². The Morgan fingerprint density at radius 1 is 0.476 bits per heavy atom. The molecule has 0 amide bonds. The lowest BCUT2D eigenvalue weighted by molar-refractivity contribution is 0.705. The highest BCUT2D eigenvalue weighted by atomic mass is 15.1. The molecule has 294 valence electrons. The number of benzene rings is 9. The van der Waals surface area contributed by atoms with E-state index in [1.807, 2.05) is 0 Å². The van der Waals surface area contributed by atoms with Crippen molar-refractivity contribution in [3.8, 4) is 33.4 Å². The molecule has 0 N–H and O–H groups in total. The molecule has 14 rings (SSSR count). The van der Waals surface area contributed by atoms with Gasteiger partial charge in [-0.25, -0.2) is 0 Å². The second-order valence-corrected chi connectivity index (χ2v) is 17.9. The molecular formula is C62H41N. The fourth-order valence-corrected chi connectivity index (χ4v) is 12.2. The third-order valence-electron chi connectivity index (χ3n) is 14.9. The van der Waals surface area contributed by atoms with Crippen LogP contribution in [-0.2, 0) is 12.0 Å². The molecule has 0 radical (unpaired) electrons. The molecule has 2 unspecified atom stereocenters. The van der Waals surface area contributed by atoms with Crippen LogP contribution in [0.15, 0.2) is 236 Å². The van der Waals surface area contributed by atoms with Crippen molar-refractivity contribution in [1.82, 2.24) is 0 Å². The van der Waals surface area contributed by atoms with Crippen LogP contribution in [0.4, 0.5) is 5.69 Å². The Balaban J connectivity index is 0.959. The van der Waals surface area contributed by atoms with Crippen molar-refractivity contribution >= 4 is 32.8 Å². The summed E-state index contributed by atoms with van der Waals surface area (Å²) < 4.78 is 0. The highest BCUT2D eigenvalue weighted by Crippen LogP contribution is 2.63. The number of anilines is 1. The van der Waals surface area contributed by atoms with Crippen molar-refractivity contribution in [2.24, 2.45) is 5.92 Å². The van der Waals surface area contributed by atoms with Gasteiger partial charge in [0.15, 0.2) is 0 Å². The maximum absolute atomic E-state index is 2.60. The van der Waals surface area contributed by atoms with Gasteiger partial charge in [-0.05, 0) is 135 Å². The molecule has 5 aliphatic rings. The van der Waals surface area contributed by atoms with Crippen molar-refractivity contribution in [3.63, 3.8) is 0 Å². The lowest BCUT2D eigenvalue weighted by Gasteiger charge is -2.35. The van der Waals surface area contributed by atoms with E-state index in [-0.39, 0.29) is 5.92 Å². The average Bonchev–Trinajstić information content (AvgIpc) is 3.95. The van der Waals surface area contributed by atoms with Crippen LogP contribution in [0.5, 0.6) is 0 Å². The molecule has 0 aromatic heterocycles. The van der Waals surface area contributed by atoms with Crippen LogP contribution in [0.3, 0.4) is 0 Å². The summed E-state index contributed by atoms with van der Waals surface area (Å²) >= 11 is 0. The van der Waals surface area contributed by atoms with Gasteiger partial charge in [-0.1, -0.05) is 194 Å². The largest absolute Gasteiger partial charge is 0.337 e. The van der Waals surface area contributed by atoms with Crippen LogP contribution < -0.4 is 4.90 Å². The summed E-state index contributed by atoms with van der Waals surface area (Å²) in [5, 5.41) is 5.12. The van der Waals surface area contributed by atoms with Gasteiger partial charge in [-0.15, -0.1) is 0 Å². The number of fused-ring (bicyclic) bond motifs is 16. The van der Waals surface area contributed by atoms with Gasteiger partial charge in [0.2, 0.25) is 0 Å². The van der Waals surface area contributed by atoms with E-state index in [1.54, 1.807) is 0 Å². The summed E-state index contributed by atoms with van der Waals surface area (Å²) in [5.41, 5.74) is 22.2. The van der Waals surface area contributed by atoms with Crippen LogP contribution in [0.25, 0.3) is 60.5 Å². The van der Waals surface area contributed by atoms with Gasteiger partial charge in [0.1, 0.15) is 0 Å². The maximum Gasteiger partial charge on any atom is 0.0726 e. The molecule has 2 atom stereocenters. The molecule has 1 heteroatoms. The van der Waals surface area contributed by atoms with E-state index in [4.69, 9.17) is 0 Å². The number of hydrogen-bond donors (Lipinski definition) is 0. The smallest absolute Gasteiger partial charge is 0.0726 e. The zero-order valence-electron chi connectivity index (χ0n) is 34.7. The first-order chi connectivity index (χ1) is 31.2. The Hall–Kier alpha value is -7.74. The highest BCUT2D eigenvalue weighted by molar-refractivity contribution is 6.08. The summed E-state index contributed by atoms with van der Waals surface area (Å²) in [6.45, 7) is 0.720. The second kappa shape index (κ2) is 13.1. The summed E-state index contributed by atoms with van der Waals surface area (Å²) in [4.78, 5) is 2.60. The Kier molecular flexibility index (Phi) is 7.28. The molecule has 1 nitrogen and oxygen atoms in total. The molecular weight excluding hydrogens is 759 g/mol. The first kappa shape index (κ1) is 34.9. The van der Waals surface area contributed by atoms with E-state index in [1.165, 1.54) is 116 Å². The Bertz CT molecular complexity index is 3510. The maximum atomic E-state index is 2.60. The van der Waals surface area contributed by atoms with Gasteiger partial charge in [0, 0.05) is 29.8 Å². The molecule has 9 aromatic rings. The van der Waals surface area contributed by atoms with E-state index in [0.717, 1.165) is 6.54 Å². The normalized spacial score (nSPS) is 17.6. The summed E-state index contributed by atoms with van der Waals surface area (Å²) in [6.07, 6.45) is 12.0. The predicted molar refractivity (Wildman–Crippen MR) is 262 cm³/mol. The quantitative estimate of drug-likeness (QED) is 0.157. The van der Waals surface area contributed by atoms with Gasteiger partial charge < -0.3 is 4.90 Å². The zero-order valence-corrected chi connectivity index (χ0v) is 34.7. The topological polar surface area (TPSA) is 3.24 Å².